The van der Waals surface area contributed by atoms with Crippen molar-refractivity contribution < 1.29 is 23.5 Å². The maximum absolute atomic E-state index is 11.8. The van der Waals surface area contributed by atoms with Crippen LogP contribution >= 0.6 is 8.25 Å². The van der Waals surface area contributed by atoms with Crippen LogP contribution in [0, 0.1) is 13.8 Å². The van der Waals surface area contributed by atoms with Gasteiger partial charge in [0.05, 0.1) is 6.42 Å². The highest BCUT2D eigenvalue weighted by Crippen LogP contribution is 2.35. The van der Waals surface area contributed by atoms with Crippen LogP contribution in [0.4, 0.5) is 0 Å². The van der Waals surface area contributed by atoms with E-state index in [0.29, 0.717) is 5.75 Å². The first-order chi connectivity index (χ1) is 15.6. The van der Waals surface area contributed by atoms with Gasteiger partial charge in [-0.25, -0.2) is 0 Å². The van der Waals surface area contributed by atoms with Crippen LogP contribution in [-0.4, -0.2) is 17.5 Å². The lowest BCUT2D eigenvalue weighted by atomic mass is 9.84. The van der Waals surface area contributed by atoms with E-state index in [1.165, 1.54) is 11.1 Å². The molecular weight excluding hydrogens is 435 g/mol. The molecule has 5 nitrogen and oxygen atoms in total. The molecular formula is C27H32O5P+. The zero-order valence-electron chi connectivity index (χ0n) is 19.9. The van der Waals surface area contributed by atoms with Gasteiger partial charge in [0.15, 0.2) is 0 Å². The molecule has 0 bridgehead atoms. The van der Waals surface area contributed by atoms with Gasteiger partial charge in [-0.15, -0.1) is 9.42 Å². The molecule has 0 aliphatic heterocycles. The van der Waals surface area contributed by atoms with Crippen LogP contribution in [-0.2, 0) is 19.3 Å². The van der Waals surface area contributed by atoms with Crippen LogP contribution in [0.15, 0.2) is 72.8 Å². The molecule has 6 heteroatoms. The van der Waals surface area contributed by atoms with Gasteiger partial charge in [-0.1, -0.05) is 99.1 Å². The number of carbonyl (C=O) groups is 1. The molecule has 0 aromatic heterocycles. The SMILES string of the molecule is Cc1cc(C)c(OC(=O)CCO[P+](=O)O)c(C(C)(C)C)c1.c1ccc(-c2ccccc2)cc1. The second-order valence-electron chi connectivity index (χ2n) is 8.74. The Kier molecular flexibility index (Phi) is 9.93. The number of hydrogen-bond donors (Lipinski definition) is 1. The molecule has 1 unspecified atom stereocenters. The van der Waals surface area contributed by atoms with Gasteiger partial charge in [0.1, 0.15) is 12.4 Å². The number of ether oxygens (including phenoxy) is 1. The average molecular weight is 468 g/mol. The largest absolute Gasteiger partial charge is 0.694 e. The highest BCUT2D eigenvalue weighted by Gasteiger charge is 2.23. The summed E-state index contributed by atoms with van der Waals surface area (Å²) in [6, 6.07) is 24.7. The second-order valence-corrected chi connectivity index (χ2v) is 9.47. The first-order valence-electron chi connectivity index (χ1n) is 10.8. The summed E-state index contributed by atoms with van der Waals surface area (Å²) in [6.07, 6.45) is -0.0709. The van der Waals surface area contributed by atoms with E-state index in [1.54, 1.807) is 0 Å². The van der Waals surface area contributed by atoms with Crippen molar-refractivity contribution in [3.05, 3.63) is 89.5 Å². The molecule has 0 spiro atoms. The lowest BCUT2D eigenvalue weighted by molar-refractivity contribution is -0.135. The van der Waals surface area contributed by atoms with Crippen molar-refractivity contribution >= 4 is 14.2 Å². The van der Waals surface area contributed by atoms with Gasteiger partial charge in [-0.3, -0.25) is 4.79 Å². The third kappa shape index (κ3) is 8.89. The van der Waals surface area contributed by atoms with Crippen LogP contribution in [0.1, 0.15) is 43.9 Å². The van der Waals surface area contributed by atoms with Crippen molar-refractivity contribution in [3.63, 3.8) is 0 Å². The molecule has 3 rings (SSSR count). The average Bonchev–Trinajstić information content (AvgIpc) is 2.76. The molecule has 0 saturated heterocycles. The number of hydrogen-bond acceptors (Lipinski definition) is 4. The van der Waals surface area contributed by atoms with E-state index in [-0.39, 0.29) is 18.4 Å². The first-order valence-corrected chi connectivity index (χ1v) is 11.9. The monoisotopic (exact) mass is 467 g/mol. The summed E-state index contributed by atoms with van der Waals surface area (Å²) in [5, 5.41) is 0. The van der Waals surface area contributed by atoms with Crippen LogP contribution in [0.5, 0.6) is 5.75 Å². The molecule has 1 atom stereocenters. The summed E-state index contributed by atoms with van der Waals surface area (Å²) in [7, 11) is -2.68. The maximum atomic E-state index is 11.8. The van der Waals surface area contributed by atoms with Crippen molar-refractivity contribution in [2.24, 2.45) is 0 Å². The molecule has 0 saturated carbocycles. The molecule has 0 amide bonds. The zero-order chi connectivity index (χ0) is 24.4. The van der Waals surface area contributed by atoms with E-state index >= 15 is 0 Å². The summed E-state index contributed by atoms with van der Waals surface area (Å²) in [5.41, 5.74) is 5.36. The van der Waals surface area contributed by atoms with Gasteiger partial charge in [-0.2, -0.15) is 0 Å². The van der Waals surface area contributed by atoms with E-state index in [2.05, 4.69) is 73.8 Å². The summed E-state index contributed by atoms with van der Waals surface area (Å²) >= 11 is 0. The van der Waals surface area contributed by atoms with E-state index in [1.807, 2.05) is 38.1 Å². The van der Waals surface area contributed by atoms with Crippen molar-refractivity contribution in [2.75, 3.05) is 6.61 Å². The molecule has 0 radical (unpaired) electrons. The molecule has 1 N–H and O–H groups in total. The summed E-state index contributed by atoms with van der Waals surface area (Å²) in [6.45, 7) is 9.92. The molecule has 3 aromatic rings. The maximum Gasteiger partial charge on any atom is 0.694 e. The number of aryl methyl sites for hydroxylation is 2. The standard InChI is InChI=1S/C15H21O5P.C12H10/c1-10-8-11(2)14(12(9-10)15(3,4)5)20-13(16)6-7-19-21(17)18;1-3-7-11(8-4-1)12-9-5-2-6-10-12/h8-9H,6-7H2,1-5H3;1-10H/p+1. The fraction of sp³-hybridized carbons (Fsp3) is 0.296. The van der Waals surface area contributed by atoms with E-state index < -0.39 is 14.2 Å². The highest BCUT2D eigenvalue weighted by molar-refractivity contribution is 7.32. The van der Waals surface area contributed by atoms with Crippen LogP contribution < -0.4 is 4.74 Å². The van der Waals surface area contributed by atoms with Gasteiger partial charge >= 0.3 is 14.2 Å². The Morgan fingerprint density at radius 3 is 1.88 bits per heavy atom. The molecule has 174 valence electrons. The smallest absolute Gasteiger partial charge is 0.426 e. The Labute approximate surface area is 197 Å². The van der Waals surface area contributed by atoms with Crippen molar-refractivity contribution in [3.8, 4) is 16.9 Å². The molecule has 0 aliphatic rings. The fourth-order valence-electron chi connectivity index (χ4n) is 3.28. The first kappa shape index (κ1) is 26.4. The Bertz CT molecular complexity index is 1020. The summed E-state index contributed by atoms with van der Waals surface area (Å²) in [5.74, 6) is 0.0794. The zero-order valence-corrected chi connectivity index (χ0v) is 20.8. The molecule has 0 aliphatic carbocycles. The molecule has 0 fully saturated rings. The van der Waals surface area contributed by atoms with Crippen molar-refractivity contribution in [1.29, 1.82) is 0 Å². The van der Waals surface area contributed by atoms with Gasteiger partial charge in [-0.05, 0) is 36.0 Å². The molecule has 33 heavy (non-hydrogen) atoms. The van der Waals surface area contributed by atoms with Gasteiger partial charge in [0.25, 0.3) is 0 Å². The molecule has 0 heterocycles. The van der Waals surface area contributed by atoms with Gasteiger partial charge in [0.2, 0.25) is 0 Å². The number of benzene rings is 3. The van der Waals surface area contributed by atoms with E-state index in [4.69, 9.17) is 9.63 Å². The number of carbonyl (C=O) groups excluding carboxylic acids is 1. The topological polar surface area (TPSA) is 72.8 Å². The van der Waals surface area contributed by atoms with Crippen molar-refractivity contribution in [2.45, 2.75) is 46.5 Å². The Morgan fingerprint density at radius 1 is 0.909 bits per heavy atom. The van der Waals surface area contributed by atoms with Gasteiger partial charge in [0, 0.05) is 10.1 Å². The minimum Gasteiger partial charge on any atom is -0.426 e. The predicted octanol–water partition coefficient (Wildman–Crippen LogP) is 6.92. The van der Waals surface area contributed by atoms with Crippen molar-refractivity contribution in [1.82, 2.24) is 0 Å². The minimum atomic E-state index is -2.68. The second kappa shape index (κ2) is 12.4. The number of rotatable bonds is 6. The highest BCUT2D eigenvalue weighted by atomic mass is 31.1. The fourth-order valence-corrected chi connectivity index (χ4v) is 3.53. The Hall–Kier alpha value is -2.85. The minimum absolute atomic E-state index is 0.0709. The summed E-state index contributed by atoms with van der Waals surface area (Å²) in [4.78, 5) is 20.3. The lowest BCUT2D eigenvalue weighted by Crippen LogP contribution is -2.18. The molecule has 3 aromatic carbocycles. The van der Waals surface area contributed by atoms with E-state index in [0.717, 1.165) is 16.7 Å². The van der Waals surface area contributed by atoms with Crippen LogP contribution in [0.25, 0.3) is 11.1 Å². The third-order valence-electron chi connectivity index (χ3n) is 4.83. The van der Waals surface area contributed by atoms with E-state index in [9.17, 15) is 9.36 Å². The Balaban J connectivity index is 0.000000268. The predicted molar refractivity (Wildman–Crippen MR) is 133 cm³/mol. The van der Waals surface area contributed by atoms with Gasteiger partial charge < -0.3 is 4.74 Å². The normalized spacial score (nSPS) is 11.3. The third-order valence-corrected chi connectivity index (χ3v) is 5.24. The van der Waals surface area contributed by atoms with Crippen LogP contribution in [0.3, 0.4) is 0 Å². The Morgan fingerprint density at radius 2 is 1.42 bits per heavy atom. The van der Waals surface area contributed by atoms with Crippen LogP contribution in [0.2, 0.25) is 0 Å². The quantitative estimate of drug-likeness (QED) is 0.242. The summed E-state index contributed by atoms with van der Waals surface area (Å²) < 4.78 is 20.3. The lowest BCUT2D eigenvalue weighted by Gasteiger charge is -2.24. The number of esters is 1.